The van der Waals surface area contributed by atoms with Crippen LogP contribution >= 0.6 is 11.6 Å². The van der Waals surface area contributed by atoms with Crippen molar-refractivity contribution in [3.8, 4) is 0 Å². The lowest BCUT2D eigenvalue weighted by atomic mass is 9.83. The lowest BCUT2D eigenvalue weighted by molar-refractivity contribution is 0.0940. The molecule has 1 aromatic rings. The van der Waals surface area contributed by atoms with E-state index in [9.17, 15) is 4.79 Å². The number of carbonyl (C=O) groups is 1. The fourth-order valence-electron chi connectivity index (χ4n) is 3.03. The molecule has 0 aliphatic heterocycles. The Kier molecular flexibility index (Phi) is 4.90. The van der Waals surface area contributed by atoms with Crippen LogP contribution in [0.3, 0.4) is 0 Å². The van der Waals surface area contributed by atoms with Gasteiger partial charge in [-0.2, -0.15) is 0 Å². The van der Waals surface area contributed by atoms with Crippen LogP contribution in [0.4, 0.5) is 0 Å². The van der Waals surface area contributed by atoms with Gasteiger partial charge in [0.1, 0.15) is 0 Å². The Hall–Kier alpha value is -0.820. The highest BCUT2D eigenvalue weighted by Gasteiger charge is 2.21. The van der Waals surface area contributed by atoms with Crippen molar-refractivity contribution in [1.82, 2.24) is 0 Å². The average molecular weight is 293 g/mol. The molecule has 0 amide bonds. The van der Waals surface area contributed by atoms with Gasteiger partial charge >= 0.3 is 0 Å². The van der Waals surface area contributed by atoms with E-state index in [1.807, 2.05) is 12.1 Å². The Bertz CT molecular complexity index is 479. The molecule has 1 nitrogen and oxygen atoms in total. The third kappa shape index (κ3) is 4.09. The van der Waals surface area contributed by atoms with Crippen LogP contribution < -0.4 is 0 Å². The second-order valence-corrected chi connectivity index (χ2v) is 7.64. The molecular weight excluding hydrogens is 268 g/mol. The molecule has 2 rings (SSSR count). The second kappa shape index (κ2) is 6.30. The van der Waals surface area contributed by atoms with Crippen LogP contribution in [0.1, 0.15) is 81.1 Å². The first kappa shape index (κ1) is 15.6. The van der Waals surface area contributed by atoms with Crippen molar-refractivity contribution in [3.05, 3.63) is 34.3 Å². The van der Waals surface area contributed by atoms with Crippen molar-refractivity contribution >= 4 is 17.4 Å². The van der Waals surface area contributed by atoms with Crippen molar-refractivity contribution in [2.75, 3.05) is 0 Å². The lowest BCUT2D eigenvalue weighted by Gasteiger charge is -2.23. The molecule has 1 fully saturated rings. The van der Waals surface area contributed by atoms with Gasteiger partial charge in [-0.05, 0) is 35.8 Å². The molecule has 0 unspecified atom stereocenters. The van der Waals surface area contributed by atoms with Crippen molar-refractivity contribution in [2.45, 2.75) is 65.2 Å². The topological polar surface area (TPSA) is 17.1 Å². The van der Waals surface area contributed by atoms with Gasteiger partial charge in [-0.15, -0.1) is 0 Å². The molecule has 1 aliphatic carbocycles. The summed E-state index contributed by atoms with van der Waals surface area (Å²) in [6.45, 7) is 6.26. The van der Waals surface area contributed by atoms with Crippen molar-refractivity contribution in [3.63, 3.8) is 0 Å². The van der Waals surface area contributed by atoms with Crippen molar-refractivity contribution in [1.29, 1.82) is 0 Å². The van der Waals surface area contributed by atoms with Gasteiger partial charge < -0.3 is 0 Å². The van der Waals surface area contributed by atoms with E-state index in [0.29, 0.717) is 12.3 Å². The predicted octanol–water partition coefficient (Wildman–Crippen LogP) is 6.01. The van der Waals surface area contributed by atoms with Gasteiger partial charge in [0.05, 0.1) is 0 Å². The summed E-state index contributed by atoms with van der Waals surface area (Å²) < 4.78 is 0. The van der Waals surface area contributed by atoms with E-state index < -0.39 is 0 Å². The first-order chi connectivity index (χ1) is 9.37. The van der Waals surface area contributed by atoms with Gasteiger partial charge in [0.15, 0.2) is 5.78 Å². The fraction of sp³-hybridized carbons (Fsp3) is 0.611. The Morgan fingerprint density at radius 2 is 1.85 bits per heavy atom. The monoisotopic (exact) mass is 292 g/mol. The summed E-state index contributed by atoms with van der Waals surface area (Å²) in [5.74, 6) is 0.776. The second-order valence-electron chi connectivity index (χ2n) is 7.23. The van der Waals surface area contributed by atoms with E-state index in [1.165, 1.54) is 37.7 Å². The van der Waals surface area contributed by atoms with E-state index in [0.717, 1.165) is 10.6 Å². The number of hydrogen-bond acceptors (Lipinski definition) is 1. The standard InChI is InChI=1S/C18H25ClO/c1-18(2,3)12-17(20)14-9-10-15(16(19)11-14)13-7-5-4-6-8-13/h9-11,13H,4-8,12H2,1-3H3. The van der Waals surface area contributed by atoms with Crippen LogP contribution in [-0.2, 0) is 0 Å². The van der Waals surface area contributed by atoms with Gasteiger partial charge in [0, 0.05) is 17.0 Å². The lowest BCUT2D eigenvalue weighted by Crippen LogP contribution is -2.13. The highest BCUT2D eigenvalue weighted by atomic mass is 35.5. The molecule has 1 aromatic carbocycles. The van der Waals surface area contributed by atoms with Crippen molar-refractivity contribution in [2.24, 2.45) is 5.41 Å². The Balaban J connectivity index is 2.14. The number of carbonyl (C=O) groups excluding carboxylic acids is 1. The third-order valence-corrected chi connectivity index (χ3v) is 4.39. The largest absolute Gasteiger partial charge is 0.294 e. The first-order valence-corrected chi connectivity index (χ1v) is 8.07. The minimum Gasteiger partial charge on any atom is -0.294 e. The number of benzene rings is 1. The maximum absolute atomic E-state index is 12.2. The zero-order valence-corrected chi connectivity index (χ0v) is 13.6. The number of hydrogen-bond donors (Lipinski definition) is 0. The molecule has 1 saturated carbocycles. The molecule has 0 N–H and O–H groups in total. The molecular formula is C18H25ClO. The fourth-order valence-corrected chi connectivity index (χ4v) is 3.36. The molecule has 110 valence electrons. The van der Waals surface area contributed by atoms with Crippen LogP contribution in [0.15, 0.2) is 18.2 Å². The van der Waals surface area contributed by atoms with Crippen LogP contribution in [0, 0.1) is 5.41 Å². The van der Waals surface area contributed by atoms with Crippen LogP contribution in [0.5, 0.6) is 0 Å². The van der Waals surface area contributed by atoms with Gasteiger partial charge in [0.25, 0.3) is 0 Å². The maximum Gasteiger partial charge on any atom is 0.163 e. The quantitative estimate of drug-likeness (QED) is 0.624. The van der Waals surface area contributed by atoms with E-state index in [4.69, 9.17) is 11.6 Å². The summed E-state index contributed by atoms with van der Waals surface area (Å²) in [5, 5.41) is 0.775. The zero-order chi connectivity index (χ0) is 14.8. The summed E-state index contributed by atoms with van der Waals surface area (Å²) in [4.78, 5) is 12.2. The van der Waals surface area contributed by atoms with Gasteiger partial charge in [-0.3, -0.25) is 4.79 Å². The van der Waals surface area contributed by atoms with Crippen LogP contribution in [0.25, 0.3) is 0 Å². The van der Waals surface area contributed by atoms with E-state index in [-0.39, 0.29) is 11.2 Å². The van der Waals surface area contributed by atoms with E-state index in [1.54, 1.807) is 0 Å². The van der Waals surface area contributed by atoms with Crippen molar-refractivity contribution < 1.29 is 4.79 Å². The van der Waals surface area contributed by atoms with Gasteiger partial charge in [-0.1, -0.05) is 63.8 Å². The van der Waals surface area contributed by atoms with Crippen LogP contribution in [-0.4, -0.2) is 5.78 Å². The normalized spacial score (nSPS) is 17.2. The smallest absolute Gasteiger partial charge is 0.163 e. The number of ketones is 1. The molecule has 20 heavy (non-hydrogen) atoms. The highest BCUT2D eigenvalue weighted by molar-refractivity contribution is 6.31. The number of Topliss-reactive ketones (excluding diaryl/α,β-unsaturated/α-hetero) is 1. The molecule has 0 heterocycles. The molecule has 1 aliphatic rings. The Labute approximate surface area is 127 Å². The first-order valence-electron chi connectivity index (χ1n) is 7.69. The Morgan fingerprint density at radius 3 is 2.40 bits per heavy atom. The third-order valence-electron chi connectivity index (χ3n) is 4.06. The molecule has 0 atom stereocenters. The number of rotatable bonds is 3. The van der Waals surface area contributed by atoms with Gasteiger partial charge in [0.2, 0.25) is 0 Å². The van der Waals surface area contributed by atoms with Gasteiger partial charge in [-0.25, -0.2) is 0 Å². The Morgan fingerprint density at radius 1 is 1.20 bits per heavy atom. The average Bonchev–Trinajstić information content (AvgIpc) is 2.37. The minimum absolute atomic E-state index is 0.0194. The zero-order valence-electron chi connectivity index (χ0n) is 12.8. The number of halogens is 1. The molecule has 0 spiro atoms. The molecule has 0 saturated heterocycles. The summed E-state index contributed by atoms with van der Waals surface area (Å²) in [7, 11) is 0. The maximum atomic E-state index is 12.2. The minimum atomic E-state index is 0.0194. The molecule has 2 heteroatoms. The summed E-state index contributed by atoms with van der Waals surface area (Å²) in [5.41, 5.74) is 2.01. The summed E-state index contributed by atoms with van der Waals surface area (Å²) >= 11 is 6.43. The summed E-state index contributed by atoms with van der Waals surface area (Å²) in [6, 6.07) is 5.91. The molecule has 0 bridgehead atoms. The highest BCUT2D eigenvalue weighted by Crippen LogP contribution is 2.36. The summed E-state index contributed by atoms with van der Waals surface area (Å²) in [6.07, 6.45) is 6.96. The predicted molar refractivity (Wildman–Crippen MR) is 85.7 cm³/mol. The molecule has 0 aromatic heterocycles. The van der Waals surface area contributed by atoms with Crippen LogP contribution in [0.2, 0.25) is 5.02 Å². The SMILES string of the molecule is CC(C)(C)CC(=O)c1ccc(C2CCCCC2)c(Cl)c1. The van der Waals surface area contributed by atoms with E-state index in [2.05, 4.69) is 26.8 Å². The van der Waals surface area contributed by atoms with E-state index >= 15 is 0 Å². The molecule has 0 radical (unpaired) electrons.